The van der Waals surface area contributed by atoms with Gasteiger partial charge in [-0.05, 0) is 74.1 Å². The zero-order chi connectivity index (χ0) is 29.6. The lowest BCUT2D eigenvalue weighted by molar-refractivity contribution is -0.131. The molecule has 2 aliphatic carbocycles. The average Bonchev–Trinajstić information content (AvgIpc) is 3.94. The highest BCUT2D eigenvalue weighted by atomic mass is 19.1. The molecule has 0 radical (unpaired) electrons. The summed E-state index contributed by atoms with van der Waals surface area (Å²) < 4.78 is 52.3. The van der Waals surface area contributed by atoms with E-state index in [9.17, 15) is 14.0 Å². The first-order valence-corrected chi connectivity index (χ1v) is 14.1. The summed E-state index contributed by atoms with van der Waals surface area (Å²) in [6.07, 6.45) is 4.52. The maximum Gasteiger partial charge on any atom is 0.240 e. The molecular formula is C32H27F2N3O6. The van der Waals surface area contributed by atoms with Crippen molar-refractivity contribution in [1.29, 1.82) is 0 Å². The second-order valence-electron chi connectivity index (χ2n) is 10.9. The molecule has 2 fully saturated rings. The van der Waals surface area contributed by atoms with Gasteiger partial charge in [-0.1, -0.05) is 0 Å². The fourth-order valence-corrected chi connectivity index (χ4v) is 4.96. The normalized spacial score (nSPS) is 16.3. The molecule has 3 aromatic carbocycles. The minimum atomic E-state index is -1.28. The van der Waals surface area contributed by atoms with Crippen LogP contribution in [0, 0.1) is 23.0 Å². The van der Waals surface area contributed by atoms with E-state index in [4.69, 9.17) is 18.9 Å². The van der Waals surface area contributed by atoms with E-state index in [1.54, 1.807) is 18.3 Å². The Morgan fingerprint density at radius 2 is 1.56 bits per heavy atom. The average molecular weight is 588 g/mol. The van der Waals surface area contributed by atoms with Gasteiger partial charge >= 0.3 is 0 Å². The summed E-state index contributed by atoms with van der Waals surface area (Å²) in [7, 11) is 0. The molecule has 43 heavy (non-hydrogen) atoms. The third-order valence-electron chi connectivity index (χ3n) is 7.75. The summed E-state index contributed by atoms with van der Waals surface area (Å²) in [5.74, 6) is -0.00473. The van der Waals surface area contributed by atoms with Crippen LogP contribution in [0.5, 0.6) is 28.7 Å². The molecule has 2 amide bonds. The number of halogens is 2. The Morgan fingerprint density at radius 1 is 0.860 bits per heavy atom. The van der Waals surface area contributed by atoms with E-state index in [0.29, 0.717) is 78.2 Å². The minimum absolute atomic E-state index is 0.0831. The first kappa shape index (κ1) is 26.9. The van der Waals surface area contributed by atoms with Crippen LogP contribution in [-0.2, 0) is 9.59 Å². The lowest BCUT2D eigenvalue weighted by atomic mass is 10.0. The van der Waals surface area contributed by atoms with E-state index in [1.807, 2.05) is 0 Å². The van der Waals surface area contributed by atoms with Gasteiger partial charge in [0.05, 0.1) is 17.5 Å². The third-order valence-corrected chi connectivity index (χ3v) is 7.75. The quantitative estimate of drug-likeness (QED) is 0.224. The zero-order valence-electron chi connectivity index (χ0n) is 23.0. The van der Waals surface area contributed by atoms with Gasteiger partial charge < -0.3 is 29.6 Å². The van der Waals surface area contributed by atoms with Crippen molar-refractivity contribution in [2.24, 2.45) is 11.3 Å². The van der Waals surface area contributed by atoms with Gasteiger partial charge in [-0.3, -0.25) is 14.6 Å². The van der Waals surface area contributed by atoms with Crippen molar-refractivity contribution in [2.75, 3.05) is 30.5 Å². The second kappa shape index (κ2) is 10.7. The van der Waals surface area contributed by atoms with Crippen molar-refractivity contribution >= 4 is 34.1 Å². The Bertz CT molecular complexity index is 1740. The Kier molecular flexibility index (Phi) is 6.72. The van der Waals surface area contributed by atoms with Gasteiger partial charge in [0.1, 0.15) is 30.2 Å². The van der Waals surface area contributed by atoms with Crippen LogP contribution in [0.25, 0.3) is 10.9 Å². The molecule has 0 spiro atoms. The van der Waals surface area contributed by atoms with Crippen LogP contribution in [0.3, 0.4) is 0 Å². The predicted molar refractivity (Wildman–Crippen MR) is 153 cm³/mol. The zero-order valence-corrected chi connectivity index (χ0v) is 23.0. The summed E-state index contributed by atoms with van der Waals surface area (Å²) in [4.78, 5) is 30.3. The number of hydrogen-bond acceptors (Lipinski definition) is 7. The summed E-state index contributed by atoms with van der Waals surface area (Å²) in [6, 6.07) is 12.7. The Hall–Kier alpha value is -4.93. The van der Waals surface area contributed by atoms with Gasteiger partial charge in [-0.2, -0.15) is 0 Å². The van der Waals surface area contributed by atoms with Gasteiger partial charge in [0.25, 0.3) is 0 Å². The largest absolute Gasteiger partial charge is 0.489 e. The predicted octanol–water partition coefficient (Wildman–Crippen LogP) is 6.22. The van der Waals surface area contributed by atoms with E-state index < -0.39 is 28.9 Å². The van der Waals surface area contributed by atoms with E-state index in [-0.39, 0.29) is 11.4 Å². The molecule has 1 aliphatic heterocycles. The molecule has 0 atom stereocenters. The summed E-state index contributed by atoms with van der Waals surface area (Å²) in [5.41, 5.74) is -0.188. The molecule has 7 rings (SSSR count). The molecule has 2 heterocycles. The van der Waals surface area contributed by atoms with Crippen molar-refractivity contribution < 1.29 is 37.3 Å². The number of ether oxygens (including phenoxy) is 4. The highest BCUT2D eigenvalue weighted by Crippen LogP contribution is 2.50. The summed E-state index contributed by atoms with van der Waals surface area (Å²) >= 11 is 0. The van der Waals surface area contributed by atoms with Crippen molar-refractivity contribution in [2.45, 2.75) is 25.7 Å². The lowest BCUT2D eigenvalue weighted by Crippen LogP contribution is -2.35. The summed E-state index contributed by atoms with van der Waals surface area (Å²) in [5, 5.41) is 5.81. The number of carbonyl (C=O) groups excluding carboxylic acids is 2. The highest BCUT2D eigenvalue weighted by molar-refractivity contribution is 6.16. The molecule has 0 unspecified atom stereocenters. The SMILES string of the molecule is O=C(Nc1ccc(F)cc1)C1(C(=O)Nc2ccc(Oc3ccnc4cc(OCC5CC5)c5c(c34)OCCO5)c(F)c2)CC1. The van der Waals surface area contributed by atoms with E-state index in [0.717, 1.165) is 18.9 Å². The number of aromatic nitrogens is 1. The number of hydrogen-bond donors (Lipinski definition) is 2. The van der Waals surface area contributed by atoms with Crippen LogP contribution in [0.4, 0.5) is 20.2 Å². The number of nitrogens with one attached hydrogen (secondary N) is 2. The first-order valence-electron chi connectivity index (χ1n) is 14.1. The third kappa shape index (κ3) is 5.38. The molecule has 220 valence electrons. The summed E-state index contributed by atoms with van der Waals surface area (Å²) in [6.45, 7) is 1.28. The van der Waals surface area contributed by atoms with E-state index in [1.165, 1.54) is 36.4 Å². The van der Waals surface area contributed by atoms with Crippen molar-refractivity contribution in [3.8, 4) is 28.7 Å². The van der Waals surface area contributed by atoms with Crippen LogP contribution in [0.1, 0.15) is 25.7 Å². The molecule has 11 heteroatoms. The molecule has 0 bridgehead atoms. The molecule has 3 aliphatic rings. The highest BCUT2D eigenvalue weighted by Gasteiger charge is 2.56. The van der Waals surface area contributed by atoms with Gasteiger partial charge in [-0.15, -0.1) is 0 Å². The molecule has 0 saturated heterocycles. The second-order valence-corrected chi connectivity index (χ2v) is 10.9. The minimum Gasteiger partial charge on any atom is -0.489 e. The number of pyridine rings is 1. The smallest absolute Gasteiger partial charge is 0.240 e. The van der Waals surface area contributed by atoms with Crippen LogP contribution in [-0.4, -0.2) is 36.6 Å². The molecule has 2 N–H and O–H groups in total. The van der Waals surface area contributed by atoms with Gasteiger partial charge in [0.15, 0.2) is 23.1 Å². The Balaban J connectivity index is 1.09. The Morgan fingerprint density at radius 3 is 2.26 bits per heavy atom. The number of benzene rings is 3. The first-order chi connectivity index (χ1) is 20.9. The fourth-order valence-electron chi connectivity index (χ4n) is 4.96. The lowest BCUT2D eigenvalue weighted by Gasteiger charge is -2.23. The fraction of sp³-hybridized carbons (Fsp3) is 0.281. The molecule has 9 nitrogen and oxygen atoms in total. The standard InChI is InChI=1S/C32H27F2N3O6/c33-19-3-5-20(6-4-19)36-30(38)32(10-11-32)31(39)37-21-7-8-24(22(34)15-21)43-25-9-12-35-23-16-26(42-17-18-1-2-18)28-29(27(23)25)41-14-13-40-28/h3-9,12,15-16,18H,1-2,10-11,13-14,17H2,(H,36,38)(H,37,39). The number of carbonyl (C=O) groups is 2. The number of rotatable bonds is 9. The monoisotopic (exact) mass is 587 g/mol. The Labute approximate surface area is 245 Å². The van der Waals surface area contributed by atoms with Crippen LogP contribution in [0.15, 0.2) is 60.8 Å². The van der Waals surface area contributed by atoms with Gasteiger partial charge in [0, 0.05) is 29.7 Å². The topological polar surface area (TPSA) is 108 Å². The van der Waals surface area contributed by atoms with Crippen molar-refractivity contribution in [3.63, 3.8) is 0 Å². The molecule has 2 saturated carbocycles. The van der Waals surface area contributed by atoms with Crippen molar-refractivity contribution in [3.05, 3.63) is 72.4 Å². The van der Waals surface area contributed by atoms with Crippen molar-refractivity contribution in [1.82, 2.24) is 4.98 Å². The maximum absolute atomic E-state index is 15.3. The molecule has 1 aromatic heterocycles. The van der Waals surface area contributed by atoms with Crippen LogP contribution in [0.2, 0.25) is 0 Å². The van der Waals surface area contributed by atoms with Crippen LogP contribution >= 0.6 is 0 Å². The number of anilines is 2. The molecule has 4 aromatic rings. The van der Waals surface area contributed by atoms with E-state index in [2.05, 4.69) is 15.6 Å². The van der Waals surface area contributed by atoms with Gasteiger partial charge in [0.2, 0.25) is 17.6 Å². The maximum atomic E-state index is 15.3. The number of fused-ring (bicyclic) bond motifs is 3. The van der Waals surface area contributed by atoms with E-state index >= 15 is 4.39 Å². The number of amides is 2. The number of nitrogens with zero attached hydrogens (tertiary/aromatic N) is 1. The van der Waals surface area contributed by atoms with Gasteiger partial charge in [-0.25, -0.2) is 8.78 Å². The van der Waals surface area contributed by atoms with Crippen LogP contribution < -0.4 is 29.6 Å². The molecular weight excluding hydrogens is 560 g/mol.